The Kier molecular flexibility index (Phi) is 4.43. The summed E-state index contributed by atoms with van der Waals surface area (Å²) >= 11 is 0. The van der Waals surface area contributed by atoms with Crippen LogP contribution in [0.2, 0.25) is 0 Å². The van der Waals surface area contributed by atoms with Crippen molar-refractivity contribution in [2.24, 2.45) is 0 Å². The van der Waals surface area contributed by atoms with Crippen LogP contribution in [-0.2, 0) is 0 Å². The van der Waals surface area contributed by atoms with Crippen LogP contribution in [-0.4, -0.2) is 21.6 Å². The average Bonchev–Trinajstić information content (AvgIpc) is 2.46. The molecular weight excluding hydrogens is 270 g/mol. The van der Waals surface area contributed by atoms with Gasteiger partial charge in [0.2, 0.25) is 5.88 Å². The van der Waals surface area contributed by atoms with Crippen molar-refractivity contribution in [1.29, 1.82) is 0 Å². The largest absolute Gasteiger partial charge is 0.494 e. The van der Waals surface area contributed by atoms with E-state index >= 15 is 0 Å². The van der Waals surface area contributed by atoms with Crippen LogP contribution in [0.5, 0.6) is 5.88 Å². The van der Waals surface area contributed by atoms with Crippen LogP contribution in [0.3, 0.4) is 0 Å². The number of H-pyrrole nitrogens is 2. The lowest BCUT2D eigenvalue weighted by Crippen LogP contribution is -2.23. The fourth-order valence-electron chi connectivity index (χ4n) is 1.80. The van der Waals surface area contributed by atoms with Gasteiger partial charge < -0.3 is 10.0 Å². The van der Waals surface area contributed by atoms with E-state index in [9.17, 15) is 14.7 Å². The van der Waals surface area contributed by atoms with E-state index < -0.39 is 17.1 Å². The second-order valence-corrected chi connectivity index (χ2v) is 4.23. The van der Waals surface area contributed by atoms with E-state index in [1.54, 1.807) is 6.20 Å². The molecule has 0 spiro atoms. The summed E-state index contributed by atoms with van der Waals surface area (Å²) in [4.78, 5) is 28.6. The molecule has 0 atom stereocenters. The molecule has 0 amide bonds. The molecule has 0 saturated heterocycles. The summed E-state index contributed by atoms with van der Waals surface area (Å²) in [5, 5.41) is 9.54. The predicted molar refractivity (Wildman–Crippen MR) is 81.4 cm³/mol. The highest BCUT2D eigenvalue weighted by Crippen LogP contribution is 2.13. The Morgan fingerprint density at radius 3 is 2.57 bits per heavy atom. The van der Waals surface area contributed by atoms with E-state index in [1.165, 1.54) is 6.08 Å². The first-order valence-corrected chi connectivity index (χ1v) is 6.41. The summed E-state index contributed by atoms with van der Waals surface area (Å²) in [5.41, 5.74) is 2.35. The van der Waals surface area contributed by atoms with Crippen LogP contribution in [0.15, 0.2) is 51.9 Å². The summed E-state index contributed by atoms with van der Waals surface area (Å²) in [6.07, 6.45) is 2.98. The number of anilines is 1. The van der Waals surface area contributed by atoms with Gasteiger partial charge >= 0.3 is 5.69 Å². The zero-order valence-corrected chi connectivity index (χ0v) is 11.5. The third-order valence-electron chi connectivity index (χ3n) is 2.85. The van der Waals surface area contributed by atoms with Gasteiger partial charge in [0.15, 0.2) is 0 Å². The number of hydrogen-bond acceptors (Lipinski definition) is 4. The Morgan fingerprint density at radius 2 is 1.95 bits per heavy atom. The van der Waals surface area contributed by atoms with Crippen LogP contribution in [0.25, 0.3) is 6.08 Å². The number of rotatable bonds is 4. The molecule has 6 heteroatoms. The summed E-state index contributed by atoms with van der Waals surface area (Å²) in [6, 6.07) is 9.68. The monoisotopic (exact) mass is 285 g/mol. The first-order chi connectivity index (χ1) is 10.1. The van der Waals surface area contributed by atoms with Crippen molar-refractivity contribution in [2.45, 2.75) is 6.92 Å². The molecule has 2 aromatic rings. The van der Waals surface area contributed by atoms with Crippen LogP contribution in [0.4, 0.5) is 5.69 Å². The molecule has 2 rings (SSSR count). The number of nitrogens with one attached hydrogen (secondary N) is 2. The van der Waals surface area contributed by atoms with Crippen molar-refractivity contribution in [3.05, 3.63) is 68.7 Å². The number of aromatic amines is 2. The molecule has 0 bridgehead atoms. The van der Waals surface area contributed by atoms with Gasteiger partial charge in [0.05, 0.1) is 0 Å². The Hall–Kier alpha value is -2.98. The Balaban J connectivity index is 2.32. The third kappa shape index (κ3) is 3.52. The quantitative estimate of drug-likeness (QED) is 0.741. The standard InChI is InChI=1S/C15H15N3O3/c1-2-18(11-7-4-3-5-8-11)10-6-9-12-13(19)16-15(21)17-14(12)20/h3-5,7-10H,2H2,1H3,(H3,16,17,19,20,21). The topological polar surface area (TPSA) is 89.2 Å². The molecule has 1 aromatic heterocycles. The van der Waals surface area contributed by atoms with Crippen molar-refractivity contribution in [1.82, 2.24) is 9.97 Å². The maximum absolute atomic E-state index is 11.5. The van der Waals surface area contributed by atoms with Gasteiger partial charge in [0.1, 0.15) is 5.56 Å². The van der Waals surface area contributed by atoms with Gasteiger partial charge in [-0.2, -0.15) is 0 Å². The number of nitrogens with zero attached hydrogens (tertiary/aromatic N) is 1. The molecule has 1 heterocycles. The van der Waals surface area contributed by atoms with Gasteiger partial charge in [0, 0.05) is 18.4 Å². The van der Waals surface area contributed by atoms with Gasteiger partial charge in [0.25, 0.3) is 5.56 Å². The minimum atomic E-state index is -0.752. The first-order valence-electron chi connectivity index (χ1n) is 6.41. The molecule has 0 saturated carbocycles. The molecule has 1 aromatic carbocycles. The maximum atomic E-state index is 11.5. The van der Waals surface area contributed by atoms with Crippen molar-refractivity contribution in [2.75, 3.05) is 11.4 Å². The lowest BCUT2D eigenvalue weighted by atomic mass is 10.3. The molecule has 6 nitrogen and oxygen atoms in total. The number of para-hydroxylation sites is 1. The summed E-state index contributed by atoms with van der Waals surface area (Å²) in [5.74, 6) is -0.479. The van der Waals surface area contributed by atoms with Crippen LogP contribution in [0, 0.1) is 0 Å². The minimum absolute atomic E-state index is 0.0463. The second kappa shape index (κ2) is 6.45. The highest BCUT2D eigenvalue weighted by Gasteiger charge is 2.04. The van der Waals surface area contributed by atoms with Gasteiger partial charge in [-0.25, -0.2) is 4.79 Å². The molecule has 21 heavy (non-hydrogen) atoms. The van der Waals surface area contributed by atoms with Gasteiger partial charge in [-0.1, -0.05) is 18.2 Å². The highest BCUT2D eigenvalue weighted by molar-refractivity contribution is 5.54. The highest BCUT2D eigenvalue weighted by atomic mass is 16.3. The molecule has 108 valence electrons. The lowest BCUT2D eigenvalue weighted by Gasteiger charge is -2.16. The maximum Gasteiger partial charge on any atom is 0.328 e. The number of aromatic hydroxyl groups is 1. The van der Waals surface area contributed by atoms with Crippen LogP contribution >= 0.6 is 0 Å². The first kappa shape index (κ1) is 14.4. The Bertz CT molecular complexity index is 784. The van der Waals surface area contributed by atoms with Crippen molar-refractivity contribution >= 4 is 11.8 Å². The molecule has 0 unspecified atom stereocenters. The zero-order chi connectivity index (χ0) is 15.2. The Morgan fingerprint density at radius 1 is 1.24 bits per heavy atom. The fraction of sp³-hybridized carbons (Fsp3) is 0.133. The lowest BCUT2D eigenvalue weighted by molar-refractivity contribution is 0.447. The molecule has 0 aliphatic carbocycles. The number of benzene rings is 1. The number of aromatic nitrogens is 2. The molecule has 0 aliphatic heterocycles. The average molecular weight is 285 g/mol. The summed E-state index contributed by atoms with van der Waals surface area (Å²) in [7, 11) is 0. The van der Waals surface area contributed by atoms with Crippen molar-refractivity contribution in [3.63, 3.8) is 0 Å². The Labute approximate surface area is 120 Å². The van der Waals surface area contributed by atoms with E-state index in [0.717, 1.165) is 12.2 Å². The molecule has 0 aliphatic rings. The van der Waals surface area contributed by atoms with E-state index in [2.05, 4.69) is 10.7 Å². The van der Waals surface area contributed by atoms with Crippen LogP contribution in [0.1, 0.15) is 12.5 Å². The van der Waals surface area contributed by atoms with Gasteiger partial charge in [-0.05, 0) is 25.1 Å². The summed E-state index contributed by atoms with van der Waals surface area (Å²) in [6.45, 7) is 2.70. The molecule has 0 radical (unpaired) electrons. The molecule has 3 N–H and O–H groups in total. The van der Waals surface area contributed by atoms with E-state index in [4.69, 9.17) is 0 Å². The van der Waals surface area contributed by atoms with E-state index in [-0.39, 0.29) is 5.56 Å². The van der Waals surface area contributed by atoms with E-state index in [0.29, 0.717) is 0 Å². The van der Waals surface area contributed by atoms with Crippen molar-refractivity contribution < 1.29 is 5.11 Å². The molecular formula is C15H15N3O3. The van der Waals surface area contributed by atoms with Crippen LogP contribution < -0.4 is 16.1 Å². The third-order valence-corrected chi connectivity index (χ3v) is 2.85. The normalized spacial score (nSPS) is 9.76. The summed E-state index contributed by atoms with van der Waals surface area (Å²) < 4.78 is 0. The fourth-order valence-corrected chi connectivity index (χ4v) is 1.80. The number of hydrogen-bond donors (Lipinski definition) is 3. The van der Waals surface area contributed by atoms with E-state index in [1.807, 2.05) is 47.1 Å². The molecule has 0 fully saturated rings. The van der Waals surface area contributed by atoms with Crippen molar-refractivity contribution in [3.8, 4) is 5.88 Å². The smallest absolute Gasteiger partial charge is 0.328 e. The van der Waals surface area contributed by atoms with Gasteiger partial charge in [-0.15, -0.1) is 5.73 Å². The zero-order valence-electron chi connectivity index (χ0n) is 11.5. The van der Waals surface area contributed by atoms with Gasteiger partial charge in [-0.3, -0.25) is 14.8 Å². The SMILES string of the molecule is CCN(C=C=Cc1c(O)[nH]c(=O)[nH]c1=O)c1ccccc1. The second-order valence-electron chi connectivity index (χ2n) is 4.23. The minimum Gasteiger partial charge on any atom is -0.494 e. The predicted octanol–water partition coefficient (Wildman–Crippen LogP) is 1.42.